The van der Waals surface area contributed by atoms with E-state index in [1.807, 2.05) is 38.2 Å². The molecular weight excluding hydrogens is 274 g/mol. The fourth-order valence-corrected chi connectivity index (χ4v) is 2.04. The topological polar surface area (TPSA) is 46.9 Å². The fraction of sp³-hybridized carbons (Fsp3) is 0.333. The summed E-state index contributed by atoms with van der Waals surface area (Å²) >= 11 is 5.86. The Hall–Kier alpha value is -1.81. The second kappa shape index (κ2) is 6.09. The van der Waals surface area contributed by atoms with Gasteiger partial charge in [0.1, 0.15) is 5.69 Å². The lowest BCUT2D eigenvalue weighted by molar-refractivity contribution is 0.0946. The van der Waals surface area contributed by atoms with Gasteiger partial charge in [-0.15, -0.1) is 0 Å². The number of aromatic nitrogens is 2. The van der Waals surface area contributed by atoms with Crippen LogP contribution in [0.25, 0.3) is 0 Å². The highest BCUT2D eigenvalue weighted by Gasteiger charge is 2.12. The smallest absolute Gasteiger partial charge is 0.271 e. The molecule has 0 aliphatic rings. The Balaban J connectivity index is 1.94. The summed E-state index contributed by atoms with van der Waals surface area (Å²) < 4.78 is 1.69. The second-order valence-electron chi connectivity index (χ2n) is 4.96. The van der Waals surface area contributed by atoms with E-state index in [4.69, 9.17) is 11.6 Å². The number of hydrogen-bond acceptors (Lipinski definition) is 2. The standard InChI is InChI=1S/C15H18ClN3O/c1-10(12-4-6-13(16)7-5-12)9-17-15(20)14-8-11(2)19(3)18-14/h4-8,10H,9H2,1-3H3,(H,17,20). The zero-order valence-electron chi connectivity index (χ0n) is 11.9. The normalized spacial score (nSPS) is 12.2. The van der Waals surface area contributed by atoms with Gasteiger partial charge in [-0.2, -0.15) is 5.10 Å². The number of carbonyl (C=O) groups excluding carboxylic acids is 1. The quantitative estimate of drug-likeness (QED) is 0.941. The van der Waals surface area contributed by atoms with Gasteiger partial charge in [0.25, 0.3) is 5.91 Å². The number of rotatable bonds is 4. The number of benzene rings is 1. The molecular formula is C15H18ClN3O. The third kappa shape index (κ3) is 3.39. The Morgan fingerprint density at radius 1 is 1.40 bits per heavy atom. The van der Waals surface area contributed by atoms with Gasteiger partial charge >= 0.3 is 0 Å². The first-order valence-corrected chi connectivity index (χ1v) is 6.89. The van der Waals surface area contributed by atoms with Crippen LogP contribution in [-0.4, -0.2) is 22.2 Å². The molecule has 1 N–H and O–H groups in total. The largest absolute Gasteiger partial charge is 0.350 e. The van der Waals surface area contributed by atoms with E-state index in [1.165, 1.54) is 0 Å². The molecule has 0 aliphatic carbocycles. The van der Waals surface area contributed by atoms with Crippen molar-refractivity contribution in [2.45, 2.75) is 19.8 Å². The molecule has 2 aromatic rings. The van der Waals surface area contributed by atoms with Gasteiger partial charge in [-0.1, -0.05) is 30.7 Å². The first kappa shape index (κ1) is 14.6. The van der Waals surface area contributed by atoms with Crippen LogP contribution in [0.5, 0.6) is 0 Å². The summed E-state index contributed by atoms with van der Waals surface area (Å²) in [7, 11) is 1.82. The zero-order valence-corrected chi connectivity index (χ0v) is 12.6. The third-order valence-electron chi connectivity index (χ3n) is 3.35. The predicted octanol–water partition coefficient (Wildman–Crippen LogP) is 2.92. The first-order chi connectivity index (χ1) is 9.47. The van der Waals surface area contributed by atoms with Gasteiger partial charge < -0.3 is 5.32 Å². The van der Waals surface area contributed by atoms with Crippen molar-refractivity contribution in [3.63, 3.8) is 0 Å². The van der Waals surface area contributed by atoms with E-state index in [2.05, 4.69) is 17.3 Å². The highest BCUT2D eigenvalue weighted by Crippen LogP contribution is 2.17. The Bertz CT molecular complexity index is 585. The molecule has 0 saturated carbocycles. The summed E-state index contributed by atoms with van der Waals surface area (Å²) in [6.07, 6.45) is 0. The molecule has 0 saturated heterocycles. The fourth-order valence-electron chi connectivity index (χ4n) is 1.92. The summed E-state index contributed by atoms with van der Waals surface area (Å²) in [4.78, 5) is 12.0. The number of aryl methyl sites for hydroxylation is 2. The van der Waals surface area contributed by atoms with Gasteiger partial charge in [0.15, 0.2) is 0 Å². The van der Waals surface area contributed by atoms with Crippen molar-refractivity contribution in [2.24, 2.45) is 7.05 Å². The van der Waals surface area contributed by atoms with Crippen molar-refractivity contribution in [1.29, 1.82) is 0 Å². The minimum atomic E-state index is -0.144. The van der Waals surface area contributed by atoms with Crippen LogP contribution in [0.4, 0.5) is 0 Å². The Labute approximate surface area is 123 Å². The third-order valence-corrected chi connectivity index (χ3v) is 3.61. The van der Waals surface area contributed by atoms with Crippen LogP contribution >= 0.6 is 11.6 Å². The van der Waals surface area contributed by atoms with Gasteiger partial charge in [-0.25, -0.2) is 0 Å². The molecule has 1 atom stereocenters. The van der Waals surface area contributed by atoms with Crippen molar-refractivity contribution in [1.82, 2.24) is 15.1 Å². The Morgan fingerprint density at radius 2 is 2.05 bits per heavy atom. The number of halogens is 1. The predicted molar refractivity (Wildman–Crippen MR) is 80.1 cm³/mol. The van der Waals surface area contributed by atoms with Gasteiger partial charge in [-0.05, 0) is 36.6 Å². The summed E-state index contributed by atoms with van der Waals surface area (Å²) in [5.74, 6) is 0.0792. The van der Waals surface area contributed by atoms with Crippen LogP contribution in [0, 0.1) is 6.92 Å². The van der Waals surface area contributed by atoms with Crippen LogP contribution in [0.15, 0.2) is 30.3 Å². The minimum Gasteiger partial charge on any atom is -0.350 e. The van der Waals surface area contributed by atoms with Crippen LogP contribution in [0.3, 0.4) is 0 Å². The molecule has 0 aliphatic heterocycles. The van der Waals surface area contributed by atoms with Crippen molar-refractivity contribution in [2.75, 3.05) is 6.54 Å². The molecule has 0 fully saturated rings. The van der Waals surface area contributed by atoms with E-state index in [9.17, 15) is 4.79 Å². The van der Waals surface area contributed by atoms with E-state index in [0.717, 1.165) is 11.3 Å². The van der Waals surface area contributed by atoms with Gasteiger partial charge in [0.2, 0.25) is 0 Å². The Kier molecular flexibility index (Phi) is 4.45. The monoisotopic (exact) mass is 291 g/mol. The zero-order chi connectivity index (χ0) is 14.7. The molecule has 1 aromatic carbocycles. The molecule has 1 amide bonds. The maximum Gasteiger partial charge on any atom is 0.271 e. The van der Waals surface area contributed by atoms with E-state index in [0.29, 0.717) is 17.3 Å². The van der Waals surface area contributed by atoms with Gasteiger partial charge in [0, 0.05) is 24.3 Å². The lowest BCUT2D eigenvalue weighted by Gasteiger charge is -2.12. The number of amides is 1. The maximum atomic E-state index is 12.0. The van der Waals surface area contributed by atoms with Crippen molar-refractivity contribution in [3.8, 4) is 0 Å². The van der Waals surface area contributed by atoms with E-state index in [1.54, 1.807) is 10.7 Å². The molecule has 20 heavy (non-hydrogen) atoms. The van der Waals surface area contributed by atoms with Crippen molar-refractivity contribution in [3.05, 3.63) is 52.3 Å². The molecule has 0 radical (unpaired) electrons. The average molecular weight is 292 g/mol. The molecule has 0 bridgehead atoms. The number of carbonyl (C=O) groups is 1. The molecule has 1 heterocycles. The van der Waals surface area contributed by atoms with E-state index in [-0.39, 0.29) is 11.8 Å². The molecule has 5 heteroatoms. The first-order valence-electron chi connectivity index (χ1n) is 6.51. The minimum absolute atomic E-state index is 0.144. The number of nitrogens with zero attached hydrogens (tertiary/aromatic N) is 2. The molecule has 106 valence electrons. The maximum absolute atomic E-state index is 12.0. The van der Waals surface area contributed by atoms with E-state index >= 15 is 0 Å². The summed E-state index contributed by atoms with van der Waals surface area (Å²) in [5, 5.41) is 7.78. The highest BCUT2D eigenvalue weighted by molar-refractivity contribution is 6.30. The van der Waals surface area contributed by atoms with Crippen LogP contribution < -0.4 is 5.32 Å². The highest BCUT2D eigenvalue weighted by atomic mass is 35.5. The van der Waals surface area contributed by atoms with Crippen LogP contribution in [0.1, 0.15) is 34.6 Å². The van der Waals surface area contributed by atoms with E-state index < -0.39 is 0 Å². The van der Waals surface area contributed by atoms with Crippen LogP contribution in [0.2, 0.25) is 5.02 Å². The average Bonchev–Trinajstić information content (AvgIpc) is 2.76. The van der Waals surface area contributed by atoms with Crippen molar-refractivity contribution >= 4 is 17.5 Å². The van der Waals surface area contributed by atoms with Crippen molar-refractivity contribution < 1.29 is 4.79 Å². The van der Waals surface area contributed by atoms with Crippen LogP contribution in [-0.2, 0) is 7.05 Å². The molecule has 2 rings (SSSR count). The summed E-state index contributed by atoms with van der Waals surface area (Å²) in [6, 6.07) is 9.45. The Morgan fingerprint density at radius 3 is 2.60 bits per heavy atom. The number of nitrogens with one attached hydrogen (secondary N) is 1. The number of hydrogen-bond donors (Lipinski definition) is 1. The summed E-state index contributed by atoms with van der Waals surface area (Å²) in [5.41, 5.74) is 2.56. The summed E-state index contributed by atoms with van der Waals surface area (Å²) in [6.45, 7) is 4.55. The lowest BCUT2D eigenvalue weighted by Crippen LogP contribution is -2.28. The SMILES string of the molecule is Cc1cc(C(=O)NCC(C)c2ccc(Cl)cc2)nn1C. The molecule has 0 spiro atoms. The molecule has 1 aromatic heterocycles. The van der Waals surface area contributed by atoms with Gasteiger partial charge in [-0.3, -0.25) is 9.48 Å². The molecule has 4 nitrogen and oxygen atoms in total. The lowest BCUT2D eigenvalue weighted by atomic mass is 10.0. The second-order valence-corrected chi connectivity index (χ2v) is 5.39. The van der Waals surface area contributed by atoms with Gasteiger partial charge in [0.05, 0.1) is 0 Å². The molecule has 1 unspecified atom stereocenters.